The zero-order chi connectivity index (χ0) is 9.56. The maximum Gasteiger partial charge on any atom is 0.315 e. The third-order valence-electron chi connectivity index (χ3n) is 1.21. The first-order valence-electron chi connectivity index (χ1n) is 4.12. The summed E-state index contributed by atoms with van der Waals surface area (Å²) in [6, 6.07) is 0.0723. The van der Waals surface area contributed by atoms with Gasteiger partial charge < -0.3 is 15.4 Å². The van der Waals surface area contributed by atoms with E-state index in [0.29, 0.717) is 6.61 Å². The second-order valence-corrected chi connectivity index (χ2v) is 3.13. The summed E-state index contributed by atoms with van der Waals surface area (Å²) in [5, 5.41) is 5.46. The second kappa shape index (κ2) is 5.83. The fraction of sp³-hybridized carbons (Fsp3) is 0.875. The molecule has 0 fully saturated rings. The summed E-state index contributed by atoms with van der Waals surface area (Å²) in [5.41, 5.74) is 0. The Labute approximate surface area is 73.7 Å². The van der Waals surface area contributed by atoms with Gasteiger partial charge in [0.05, 0.1) is 12.6 Å². The third-order valence-corrected chi connectivity index (χ3v) is 1.21. The Kier molecular flexibility index (Phi) is 5.45. The van der Waals surface area contributed by atoms with Crippen LogP contribution in [0, 0.1) is 0 Å². The Bertz CT molecular complexity index is 137. The van der Waals surface area contributed by atoms with Crippen LogP contribution in [0.3, 0.4) is 0 Å². The minimum Gasteiger partial charge on any atom is -0.383 e. The van der Waals surface area contributed by atoms with E-state index in [4.69, 9.17) is 4.74 Å². The molecular weight excluding hydrogens is 156 g/mol. The number of carbonyl (C=O) groups is 1. The highest BCUT2D eigenvalue weighted by Crippen LogP contribution is 1.83. The van der Waals surface area contributed by atoms with Crippen molar-refractivity contribution < 1.29 is 9.53 Å². The maximum absolute atomic E-state index is 11.1. The molecule has 0 aliphatic carbocycles. The fourth-order valence-corrected chi connectivity index (χ4v) is 0.819. The van der Waals surface area contributed by atoms with Crippen LogP contribution >= 0.6 is 0 Å². The molecule has 2 amide bonds. The molecule has 0 radical (unpaired) electrons. The van der Waals surface area contributed by atoms with E-state index in [1.54, 1.807) is 7.11 Å². The van der Waals surface area contributed by atoms with Crippen molar-refractivity contribution in [2.75, 3.05) is 13.7 Å². The highest BCUT2D eigenvalue weighted by molar-refractivity contribution is 5.74. The van der Waals surface area contributed by atoms with E-state index in [9.17, 15) is 4.79 Å². The molecule has 72 valence electrons. The highest BCUT2D eigenvalue weighted by atomic mass is 16.5. The Morgan fingerprint density at radius 2 is 1.92 bits per heavy atom. The van der Waals surface area contributed by atoms with Gasteiger partial charge in [0.15, 0.2) is 0 Å². The molecule has 0 aromatic rings. The summed E-state index contributed by atoms with van der Waals surface area (Å²) >= 11 is 0. The van der Waals surface area contributed by atoms with Crippen molar-refractivity contribution >= 4 is 6.03 Å². The number of hydrogen-bond acceptors (Lipinski definition) is 2. The van der Waals surface area contributed by atoms with Crippen molar-refractivity contribution in [2.24, 2.45) is 0 Å². The van der Waals surface area contributed by atoms with Crippen molar-refractivity contribution in [3.05, 3.63) is 0 Å². The van der Waals surface area contributed by atoms with Gasteiger partial charge in [0.2, 0.25) is 0 Å². The van der Waals surface area contributed by atoms with Crippen molar-refractivity contribution in [3.63, 3.8) is 0 Å². The Morgan fingerprint density at radius 1 is 1.33 bits per heavy atom. The van der Waals surface area contributed by atoms with E-state index >= 15 is 0 Å². The first kappa shape index (κ1) is 11.2. The molecule has 1 unspecified atom stereocenters. The summed E-state index contributed by atoms with van der Waals surface area (Å²) in [6.07, 6.45) is 0. The fourth-order valence-electron chi connectivity index (χ4n) is 0.819. The molecule has 4 nitrogen and oxygen atoms in total. The predicted octanol–water partition coefficient (Wildman–Crippen LogP) is 0.729. The first-order valence-corrected chi connectivity index (χ1v) is 4.12. The zero-order valence-electron chi connectivity index (χ0n) is 8.18. The second-order valence-electron chi connectivity index (χ2n) is 3.13. The summed E-state index contributed by atoms with van der Waals surface area (Å²) in [7, 11) is 1.61. The van der Waals surface area contributed by atoms with Crippen LogP contribution in [0.4, 0.5) is 4.79 Å². The van der Waals surface area contributed by atoms with Gasteiger partial charge >= 0.3 is 6.03 Å². The standard InChI is InChI=1S/C8H18N2O2/c1-6(2)9-8(11)10-7(3)5-12-4/h6-7H,5H2,1-4H3,(H2,9,10,11). The van der Waals surface area contributed by atoms with Gasteiger partial charge in [-0.05, 0) is 20.8 Å². The molecule has 0 aliphatic heterocycles. The van der Waals surface area contributed by atoms with E-state index in [1.165, 1.54) is 0 Å². The lowest BCUT2D eigenvalue weighted by molar-refractivity contribution is 0.170. The third kappa shape index (κ3) is 5.97. The van der Waals surface area contributed by atoms with Crippen LogP contribution in [0.2, 0.25) is 0 Å². The average Bonchev–Trinajstić information content (AvgIpc) is 1.84. The molecule has 0 spiro atoms. The smallest absolute Gasteiger partial charge is 0.315 e. The Morgan fingerprint density at radius 3 is 2.33 bits per heavy atom. The van der Waals surface area contributed by atoms with Crippen LogP contribution in [-0.4, -0.2) is 31.8 Å². The number of rotatable bonds is 4. The highest BCUT2D eigenvalue weighted by Gasteiger charge is 2.06. The lowest BCUT2D eigenvalue weighted by Gasteiger charge is -2.14. The van der Waals surface area contributed by atoms with Gasteiger partial charge in [-0.3, -0.25) is 0 Å². The number of carbonyl (C=O) groups excluding carboxylic acids is 1. The van der Waals surface area contributed by atoms with Crippen LogP contribution in [0.5, 0.6) is 0 Å². The molecular formula is C8H18N2O2. The monoisotopic (exact) mass is 174 g/mol. The van der Waals surface area contributed by atoms with Crippen LogP contribution in [0.25, 0.3) is 0 Å². The Balaban J connectivity index is 3.54. The normalized spacial score (nSPS) is 12.8. The van der Waals surface area contributed by atoms with Gasteiger partial charge in [-0.15, -0.1) is 0 Å². The summed E-state index contributed by atoms with van der Waals surface area (Å²) in [6.45, 7) is 6.26. The van der Waals surface area contributed by atoms with E-state index in [1.807, 2.05) is 20.8 Å². The summed E-state index contributed by atoms with van der Waals surface area (Å²) < 4.78 is 4.87. The van der Waals surface area contributed by atoms with Crippen LogP contribution in [0.1, 0.15) is 20.8 Å². The van der Waals surface area contributed by atoms with Crippen molar-refractivity contribution in [1.29, 1.82) is 0 Å². The molecule has 12 heavy (non-hydrogen) atoms. The van der Waals surface area contributed by atoms with Crippen molar-refractivity contribution in [1.82, 2.24) is 10.6 Å². The minimum atomic E-state index is -0.144. The number of nitrogens with one attached hydrogen (secondary N) is 2. The molecule has 0 aromatic carbocycles. The first-order chi connectivity index (χ1) is 5.56. The minimum absolute atomic E-state index is 0.0498. The van der Waals surface area contributed by atoms with Crippen LogP contribution in [-0.2, 0) is 4.74 Å². The number of ether oxygens (including phenoxy) is 1. The SMILES string of the molecule is COCC(C)NC(=O)NC(C)C. The summed E-state index contributed by atoms with van der Waals surface area (Å²) in [5.74, 6) is 0. The molecule has 2 N–H and O–H groups in total. The van der Waals surface area contributed by atoms with E-state index in [0.717, 1.165) is 0 Å². The van der Waals surface area contributed by atoms with E-state index < -0.39 is 0 Å². The lowest BCUT2D eigenvalue weighted by Crippen LogP contribution is -2.44. The molecule has 0 bridgehead atoms. The summed E-state index contributed by atoms with van der Waals surface area (Å²) in [4.78, 5) is 11.1. The molecule has 0 aromatic heterocycles. The largest absolute Gasteiger partial charge is 0.383 e. The lowest BCUT2D eigenvalue weighted by atomic mass is 10.3. The molecule has 0 heterocycles. The molecule has 0 aliphatic rings. The van der Waals surface area contributed by atoms with Gasteiger partial charge in [-0.2, -0.15) is 0 Å². The average molecular weight is 174 g/mol. The van der Waals surface area contributed by atoms with E-state index in [2.05, 4.69) is 10.6 Å². The molecule has 0 saturated heterocycles. The van der Waals surface area contributed by atoms with Gasteiger partial charge in [0.25, 0.3) is 0 Å². The topological polar surface area (TPSA) is 50.4 Å². The number of amides is 2. The van der Waals surface area contributed by atoms with Gasteiger partial charge in [0, 0.05) is 13.2 Å². The number of urea groups is 1. The van der Waals surface area contributed by atoms with Gasteiger partial charge in [0.1, 0.15) is 0 Å². The molecule has 0 rings (SSSR count). The maximum atomic E-state index is 11.1. The van der Waals surface area contributed by atoms with Crippen LogP contribution in [0.15, 0.2) is 0 Å². The molecule has 0 saturated carbocycles. The van der Waals surface area contributed by atoms with Crippen LogP contribution < -0.4 is 10.6 Å². The number of methoxy groups -OCH3 is 1. The molecule has 1 atom stereocenters. The zero-order valence-corrected chi connectivity index (χ0v) is 8.18. The quantitative estimate of drug-likeness (QED) is 0.660. The van der Waals surface area contributed by atoms with Crippen molar-refractivity contribution in [3.8, 4) is 0 Å². The number of hydrogen-bond donors (Lipinski definition) is 2. The predicted molar refractivity (Wildman–Crippen MR) is 48.1 cm³/mol. The Hall–Kier alpha value is -0.770. The van der Waals surface area contributed by atoms with Gasteiger partial charge in [-0.25, -0.2) is 4.79 Å². The van der Waals surface area contributed by atoms with Crippen molar-refractivity contribution in [2.45, 2.75) is 32.9 Å². The van der Waals surface area contributed by atoms with Gasteiger partial charge in [-0.1, -0.05) is 0 Å². The van der Waals surface area contributed by atoms with E-state index in [-0.39, 0.29) is 18.1 Å². The molecule has 4 heteroatoms.